The van der Waals surface area contributed by atoms with Gasteiger partial charge in [0.1, 0.15) is 0 Å². The van der Waals surface area contributed by atoms with Crippen molar-refractivity contribution in [3.05, 3.63) is 18.0 Å². The number of hydrogen-bond acceptors (Lipinski definition) is 2. The number of rotatable bonds is 5. The monoisotopic (exact) mass is 207 g/mol. The van der Waals surface area contributed by atoms with Crippen molar-refractivity contribution in [2.45, 2.75) is 45.1 Å². The Labute approximate surface area is 91.7 Å². The Hall–Kier alpha value is -0.830. The summed E-state index contributed by atoms with van der Waals surface area (Å²) in [6.07, 6.45) is 7.93. The maximum absolute atomic E-state index is 5.65. The first kappa shape index (κ1) is 10.7. The summed E-state index contributed by atoms with van der Waals surface area (Å²) in [6.45, 7) is 6.23. The molecule has 1 aromatic rings. The van der Waals surface area contributed by atoms with Gasteiger partial charge in [0.15, 0.2) is 0 Å². The smallest absolute Gasteiger partial charge is 0.0527 e. The second-order valence-electron chi connectivity index (χ2n) is 5.16. The molecule has 0 saturated heterocycles. The largest absolute Gasteiger partial charge is 0.330 e. The van der Waals surface area contributed by atoms with Crippen LogP contribution >= 0.6 is 0 Å². The summed E-state index contributed by atoms with van der Waals surface area (Å²) in [4.78, 5) is 0. The predicted octanol–water partition coefficient (Wildman–Crippen LogP) is 1.92. The van der Waals surface area contributed by atoms with E-state index >= 15 is 0 Å². The van der Waals surface area contributed by atoms with Gasteiger partial charge in [-0.25, -0.2) is 0 Å². The average Bonchev–Trinajstić information content (AvgIpc) is 2.79. The van der Waals surface area contributed by atoms with Crippen molar-refractivity contribution in [1.29, 1.82) is 0 Å². The van der Waals surface area contributed by atoms with Gasteiger partial charge in [-0.3, -0.25) is 4.68 Å². The van der Waals surface area contributed by atoms with Crippen LogP contribution in [0, 0.1) is 5.92 Å². The van der Waals surface area contributed by atoms with Crippen LogP contribution < -0.4 is 5.73 Å². The second kappa shape index (κ2) is 3.97. The lowest BCUT2D eigenvalue weighted by Gasteiger charge is -2.10. The van der Waals surface area contributed by atoms with E-state index in [9.17, 15) is 0 Å². The van der Waals surface area contributed by atoms with Gasteiger partial charge < -0.3 is 5.73 Å². The molecular formula is C12H21N3. The Morgan fingerprint density at radius 1 is 1.53 bits per heavy atom. The maximum Gasteiger partial charge on any atom is 0.0527 e. The van der Waals surface area contributed by atoms with Crippen LogP contribution in [0.4, 0.5) is 0 Å². The van der Waals surface area contributed by atoms with Gasteiger partial charge >= 0.3 is 0 Å². The van der Waals surface area contributed by atoms with Crippen molar-refractivity contribution in [1.82, 2.24) is 9.78 Å². The fraction of sp³-hybridized carbons (Fsp3) is 0.750. The van der Waals surface area contributed by atoms with Gasteiger partial charge in [-0.05, 0) is 42.7 Å². The minimum Gasteiger partial charge on any atom is -0.330 e. The van der Waals surface area contributed by atoms with Gasteiger partial charge in [0.2, 0.25) is 0 Å². The van der Waals surface area contributed by atoms with Crippen LogP contribution in [0.1, 0.15) is 38.7 Å². The van der Waals surface area contributed by atoms with Gasteiger partial charge in [0, 0.05) is 12.7 Å². The molecule has 1 aliphatic carbocycles. The van der Waals surface area contributed by atoms with Crippen LogP contribution in [0.3, 0.4) is 0 Å². The molecule has 0 radical (unpaired) electrons. The van der Waals surface area contributed by atoms with Gasteiger partial charge in [-0.15, -0.1) is 0 Å². The highest BCUT2D eigenvalue weighted by Crippen LogP contribution is 2.50. The molecule has 2 rings (SSSR count). The van der Waals surface area contributed by atoms with Crippen molar-refractivity contribution in [3.63, 3.8) is 0 Å². The van der Waals surface area contributed by atoms with Gasteiger partial charge in [-0.1, -0.05) is 13.8 Å². The molecule has 1 fully saturated rings. The molecule has 3 nitrogen and oxygen atoms in total. The fourth-order valence-corrected chi connectivity index (χ4v) is 2.22. The van der Waals surface area contributed by atoms with Crippen LogP contribution in [-0.4, -0.2) is 16.3 Å². The van der Waals surface area contributed by atoms with Gasteiger partial charge in [-0.2, -0.15) is 5.10 Å². The van der Waals surface area contributed by atoms with Crippen LogP contribution in [0.5, 0.6) is 0 Å². The second-order valence-corrected chi connectivity index (χ2v) is 5.16. The van der Waals surface area contributed by atoms with E-state index in [1.165, 1.54) is 18.4 Å². The van der Waals surface area contributed by atoms with E-state index in [1.807, 2.05) is 6.20 Å². The van der Waals surface area contributed by atoms with E-state index < -0.39 is 0 Å². The lowest BCUT2D eigenvalue weighted by Crippen LogP contribution is -2.12. The standard InChI is InChI=1S/C12H21N3/c1-10(2)8-15-9-11(7-14-15)12(3-4-12)5-6-13/h7,9-10H,3-6,8,13H2,1-2H3. The normalized spacial score (nSPS) is 18.4. The highest BCUT2D eigenvalue weighted by atomic mass is 15.3. The number of hydrogen-bond donors (Lipinski definition) is 1. The average molecular weight is 207 g/mol. The number of aromatic nitrogens is 2. The SMILES string of the molecule is CC(C)Cn1cc(C2(CCN)CC2)cn1. The highest BCUT2D eigenvalue weighted by molar-refractivity contribution is 5.26. The molecular weight excluding hydrogens is 186 g/mol. The van der Waals surface area contributed by atoms with E-state index in [1.54, 1.807) is 0 Å². The van der Waals surface area contributed by atoms with Crippen molar-refractivity contribution in [2.75, 3.05) is 6.54 Å². The minimum atomic E-state index is 0.393. The molecule has 1 saturated carbocycles. The zero-order chi connectivity index (χ0) is 10.9. The van der Waals surface area contributed by atoms with E-state index in [2.05, 4.69) is 29.8 Å². The number of nitrogens with two attached hydrogens (primary N) is 1. The molecule has 0 aliphatic heterocycles. The Morgan fingerprint density at radius 2 is 2.27 bits per heavy atom. The quantitative estimate of drug-likeness (QED) is 0.801. The first-order chi connectivity index (χ1) is 7.16. The minimum absolute atomic E-state index is 0.393. The first-order valence-corrected chi connectivity index (χ1v) is 5.89. The summed E-state index contributed by atoms with van der Waals surface area (Å²) < 4.78 is 2.07. The van der Waals surface area contributed by atoms with E-state index in [0.717, 1.165) is 19.5 Å². The predicted molar refractivity (Wildman–Crippen MR) is 61.6 cm³/mol. The molecule has 1 aliphatic rings. The van der Waals surface area contributed by atoms with E-state index in [-0.39, 0.29) is 0 Å². The Kier molecular flexibility index (Phi) is 2.83. The molecule has 15 heavy (non-hydrogen) atoms. The van der Waals surface area contributed by atoms with Crippen LogP contribution in [0.15, 0.2) is 12.4 Å². The van der Waals surface area contributed by atoms with E-state index in [4.69, 9.17) is 5.73 Å². The molecule has 0 unspecified atom stereocenters. The lowest BCUT2D eigenvalue weighted by atomic mass is 9.96. The summed E-state index contributed by atoms with van der Waals surface area (Å²) in [5.74, 6) is 0.655. The first-order valence-electron chi connectivity index (χ1n) is 5.89. The molecule has 0 bridgehead atoms. The third-order valence-electron chi connectivity index (χ3n) is 3.27. The molecule has 2 N–H and O–H groups in total. The Bertz CT molecular complexity index is 323. The zero-order valence-corrected chi connectivity index (χ0v) is 9.74. The topological polar surface area (TPSA) is 43.8 Å². The fourth-order valence-electron chi connectivity index (χ4n) is 2.22. The third-order valence-corrected chi connectivity index (χ3v) is 3.27. The van der Waals surface area contributed by atoms with Gasteiger partial charge in [0.25, 0.3) is 0 Å². The summed E-state index contributed by atoms with van der Waals surface area (Å²) in [6, 6.07) is 0. The summed E-state index contributed by atoms with van der Waals surface area (Å²) in [5.41, 5.74) is 7.44. The van der Waals surface area contributed by atoms with Crippen LogP contribution in [0.2, 0.25) is 0 Å². The molecule has 0 atom stereocenters. The zero-order valence-electron chi connectivity index (χ0n) is 9.74. The van der Waals surface area contributed by atoms with Crippen molar-refractivity contribution in [2.24, 2.45) is 11.7 Å². The molecule has 84 valence electrons. The molecule has 0 amide bonds. The highest BCUT2D eigenvalue weighted by Gasteiger charge is 2.44. The molecule has 0 spiro atoms. The summed E-state index contributed by atoms with van der Waals surface area (Å²) in [5, 5.41) is 4.42. The van der Waals surface area contributed by atoms with Crippen LogP contribution in [0.25, 0.3) is 0 Å². The van der Waals surface area contributed by atoms with E-state index in [0.29, 0.717) is 11.3 Å². The van der Waals surface area contributed by atoms with Gasteiger partial charge in [0.05, 0.1) is 6.20 Å². The Balaban J connectivity index is 2.07. The van der Waals surface area contributed by atoms with Crippen molar-refractivity contribution < 1.29 is 0 Å². The molecule has 1 aromatic heterocycles. The number of nitrogens with zero attached hydrogens (tertiary/aromatic N) is 2. The lowest BCUT2D eigenvalue weighted by molar-refractivity contribution is 0.482. The van der Waals surface area contributed by atoms with Crippen LogP contribution in [-0.2, 0) is 12.0 Å². The maximum atomic E-state index is 5.65. The molecule has 3 heteroatoms. The molecule has 1 heterocycles. The molecule has 0 aromatic carbocycles. The summed E-state index contributed by atoms with van der Waals surface area (Å²) in [7, 11) is 0. The third kappa shape index (κ3) is 2.23. The Morgan fingerprint density at radius 3 is 2.80 bits per heavy atom. The van der Waals surface area contributed by atoms with Crippen molar-refractivity contribution in [3.8, 4) is 0 Å². The van der Waals surface area contributed by atoms with Crippen molar-refractivity contribution >= 4 is 0 Å². The summed E-state index contributed by atoms with van der Waals surface area (Å²) >= 11 is 0.